The Kier molecular flexibility index (Phi) is 4.12. The van der Waals surface area contributed by atoms with E-state index >= 15 is 0 Å². The van der Waals surface area contributed by atoms with Crippen molar-refractivity contribution in [3.05, 3.63) is 29.8 Å². The molecular formula is C11H14O4. The molecule has 1 unspecified atom stereocenters. The first kappa shape index (κ1) is 11.5. The molecule has 0 fully saturated rings. The molecule has 0 aliphatic rings. The van der Waals surface area contributed by atoms with Crippen LogP contribution in [0.3, 0.4) is 0 Å². The highest BCUT2D eigenvalue weighted by molar-refractivity contribution is 5.76. The van der Waals surface area contributed by atoms with Crippen molar-refractivity contribution in [3.63, 3.8) is 0 Å². The van der Waals surface area contributed by atoms with Crippen molar-refractivity contribution >= 4 is 5.97 Å². The maximum atomic E-state index is 10.9. The van der Waals surface area contributed by atoms with E-state index in [0.717, 1.165) is 0 Å². The molecule has 0 spiro atoms. The number of methoxy groups -OCH3 is 1. The summed E-state index contributed by atoms with van der Waals surface area (Å²) in [5.74, 6) is -0.987. The molecule has 0 aliphatic heterocycles. The Morgan fingerprint density at radius 1 is 1.53 bits per heavy atom. The van der Waals surface area contributed by atoms with Crippen LogP contribution in [0.15, 0.2) is 24.3 Å². The fraction of sp³-hybridized carbons (Fsp3) is 0.364. The lowest BCUT2D eigenvalue weighted by molar-refractivity contribution is -0.139. The maximum absolute atomic E-state index is 10.9. The van der Waals surface area contributed by atoms with Crippen LogP contribution in [-0.4, -0.2) is 29.9 Å². The Hall–Kier alpha value is -1.55. The third kappa shape index (κ3) is 2.95. The summed E-state index contributed by atoms with van der Waals surface area (Å²) < 4.78 is 5.01. The molecule has 0 heterocycles. The van der Waals surface area contributed by atoms with Crippen LogP contribution in [0, 0.1) is 0 Å². The maximum Gasteiger partial charge on any atom is 0.311 e. The van der Waals surface area contributed by atoms with E-state index in [1.54, 1.807) is 24.3 Å². The summed E-state index contributed by atoms with van der Waals surface area (Å²) in [6.45, 7) is -0.145. The second-order valence-corrected chi connectivity index (χ2v) is 3.18. The van der Waals surface area contributed by atoms with E-state index in [2.05, 4.69) is 0 Å². The fourth-order valence-electron chi connectivity index (χ4n) is 1.42. The van der Waals surface area contributed by atoms with Gasteiger partial charge in [-0.25, -0.2) is 0 Å². The molecule has 15 heavy (non-hydrogen) atoms. The van der Waals surface area contributed by atoms with Gasteiger partial charge in [0, 0.05) is 6.61 Å². The molecule has 0 bridgehead atoms. The smallest absolute Gasteiger partial charge is 0.311 e. The van der Waals surface area contributed by atoms with Crippen LogP contribution >= 0.6 is 0 Å². The van der Waals surface area contributed by atoms with E-state index in [9.17, 15) is 4.79 Å². The van der Waals surface area contributed by atoms with E-state index in [1.165, 1.54) is 7.11 Å². The first-order valence-corrected chi connectivity index (χ1v) is 4.66. The zero-order valence-electron chi connectivity index (χ0n) is 8.51. The first-order valence-electron chi connectivity index (χ1n) is 4.66. The fourth-order valence-corrected chi connectivity index (χ4v) is 1.42. The average molecular weight is 210 g/mol. The lowest BCUT2D eigenvalue weighted by Crippen LogP contribution is -2.13. The van der Waals surface area contributed by atoms with Crippen LogP contribution in [0.5, 0.6) is 5.75 Å². The SMILES string of the molecule is COc1cccc(C(CCO)C(=O)O)c1. The van der Waals surface area contributed by atoms with Gasteiger partial charge in [-0.2, -0.15) is 0 Å². The molecule has 0 aromatic heterocycles. The second kappa shape index (κ2) is 5.36. The Morgan fingerprint density at radius 2 is 2.27 bits per heavy atom. The van der Waals surface area contributed by atoms with E-state index in [4.69, 9.17) is 14.9 Å². The summed E-state index contributed by atoms with van der Waals surface area (Å²) in [7, 11) is 1.53. The molecule has 82 valence electrons. The number of benzene rings is 1. The summed E-state index contributed by atoms with van der Waals surface area (Å²) in [4.78, 5) is 10.9. The number of aliphatic hydroxyl groups is 1. The van der Waals surface area contributed by atoms with Gasteiger partial charge >= 0.3 is 5.97 Å². The van der Waals surface area contributed by atoms with E-state index in [1.807, 2.05) is 0 Å². The molecule has 0 saturated carbocycles. The summed E-state index contributed by atoms with van der Waals surface area (Å²) >= 11 is 0. The zero-order valence-corrected chi connectivity index (χ0v) is 8.51. The number of aliphatic carboxylic acids is 1. The van der Waals surface area contributed by atoms with Gasteiger partial charge in [0.25, 0.3) is 0 Å². The molecule has 1 aromatic carbocycles. The highest BCUT2D eigenvalue weighted by atomic mass is 16.5. The van der Waals surface area contributed by atoms with E-state index in [-0.39, 0.29) is 13.0 Å². The van der Waals surface area contributed by atoms with Crippen LogP contribution in [0.25, 0.3) is 0 Å². The monoisotopic (exact) mass is 210 g/mol. The number of ether oxygens (including phenoxy) is 1. The van der Waals surface area contributed by atoms with Crippen molar-refractivity contribution in [2.75, 3.05) is 13.7 Å². The first-order chi connectivity index (χ1) is 7.19. The zero-order chi connectivity index (χ0) is 11.3. The minimum atomic E-state index is -0.933. The minimum absolute atomic E-state index is 0.145. The predicted molar refractivity (Wildman–Crippen MR) is 55.1 cm³/mol. The van der Waals surface area contributed by atoms with Gasteiger partial charge in [0.2, 0.25) is 0 Å². The molecule has 4 heteroatoms. The number of hydrogen-bond donors (Lipinski definition) is 2. The van der Waals surface area contributed by atoms with Crippen molar-refractivity contribution in [1.29, 1.82) is 0 Å². The molecule has 0 aliphatic carbocycles. The number of hydrogen-bond acceptors (Lipinski definition) is 3. The van der Waals surface area contributed by atoms with Gasteiger partial charge in [0.1, 0.15) is 5.75 Å². The van der Waals surface area contributed by atoms with Crippen molar-refractivity contribution in [1.82, 2.24) is 0 Å². The van der Waals surface area contributed by atoms with Crippen LogP contribution in [0.4, 0.5) is 0 Å². The van der Waals surface area contributed by atoms with Gasteiger partial charge in [-0.05, 0) is 24.1 Å². The van der Waals surface area contributed by atoms with E-state index in [0.29, 0.717) is 11.3 Å². The molecular weight excluding hydrogens is 196 g/mol. The summed E-state index contributed by atoms with van der Waals surface area (Å²) in [5, 5.41) is 17.7. The minimum Gasteiger partial charge on any atom is -0.497 e. The Bertz CT molecular complexity index is 335. The van der Waals surface area contributed by atoms with Crippen molar-refractivity contribution in [3.8, 4) is 5.75 Å². The Morgan fingerprint density at radius 3 is 2.80 bits per heavy atom. The third-order valence-corrected chi connectivity index (χ3v) is 2.21. The van der Waals surface area contributed by atoms with Crippen molar-refractivity contribution in [2.45, 2.75) is 12.3 Å². The van der Waals surface area contributed by atoms with Crippen LogP contribution < -0.4 is 4.74 Å². The molecule has 1 aromatic rings. The van der Waals surface area contributed by atoms with Gasteiger partial charge in [-0.3, -0.25) is 4.79 Å². The van der Waals surface area contributed by atoms with Crippen molar-refractivity contribution in [2.24, 2.45) is 0 Å². The quantitative estimate of drug-likeness (QED) is 0.767. The largest absolute Gasteiger partial charge is 0.497 e. The molecule has 1 rings (SSSR count). The average Bonchev–Trinajstić information content (AvgIpc) is 2.25. The number of carbonyl (C=O) groups is 1. The predicted octanol–water partition coefficient (Wildman–Crippen LogP) is 1.25. The molecule has 4 nitrogen and oxygen atoms in total. The Balaban J connectivity index is 2.94. The van der Waals surface area contributed by atoms with Gasteiger partial charge in [0.05, 0.1) is 13.0 Å². The summed E-state index contributed by atoms with van der Waals surface area (Å²) in [6.07, 6.45) is 0.211. The second-order valence-electron chi connectivity index (χ2n) is 3.18. The molecule has 0 radical (unpaired) electrons. The lowest BCUT2D eigenvalue weighted by Gasteiger charge is -2.12. The van der Waals surface area contributed by atoms with E-state index < -0.39 is 11.9 Å². The number of carboxylic acids is 1. The normalized spacial score (nSPS) is 12.1. The molecule has 1 atom stereocenters. The van der Waals surface area contributed by atoms with Gasteiger partial charge in [-0.1, -0.05) is 12.1 Å². The summed E-state index contributed by atoms with van der Waals surface area (Å²) in [6, 6.07) is 6.88. The van der Waals surface area contributed by atoms with Gasteiger partial charge in [-0.15, -0.1) is 0 Å². The molecule has 2 N–H and O–H groups in total. The van der Waals surface area contributed by atoms with Crippen LogP contribution in [0.2, 0.25) is 0 Å². The Labute approximate surface area is 88.1 Å². The highest BCUT2D eigenvalue weighted by Crippen LogP contribution is 2.23. The highest BCUT2D eigenvalue weighted by Gasteiger charge is 2.19. The van der Waals surface area contributed by atoms with Gasteiger partial charge < -0.3 is 14.9 Å². The van der Waals surface area contributed by atoms with Crippen LogP contribution in [0.1, 0.15) is 17.9 Å². The number of carboxylic acid groups (broad SMARTS) is 1. The topological polar surface area (TPSA) is 66.8 Å². The number of rotatable bonds is 5. The molecule has 0 amide bonds. The third-order valence-electron chi connectivity index (χ3n) is 2.21. The number of aliphatic hydroxyl groups excluding tert-OH is 1. The van der Waals surface area contributed by atoms with Gasteiger partial charge in [0.15, 0.2) is 0 Å². The summed E-state index contributed by atoms with van der Waals surface area (Å²) in [5.41, 5.74) is 0.649. The lowest BCUT2D eigenvalue weighted by atomic mass is 9.96. The molecule has 0 saturated heterocycles. The van der Waals surface area contributed by atoms with Crippen molar-refractivity contribution < 1.29 is 19.7 Å². The standard InChI is InChI=1S/C11H14O4/c1-15-9-4-2-3-8(7-9)10(5-6-12)11(13)14/h2-4,7,10,12H,5-6H2,1H3,(H,13,14). The van der Waals surface area contributed by atoms with Crippen LogP contribution in [-0.2, 0) is 4.79 Å².